The first-order valence-electron chi connectivity index (χ1n) is 11.7. The summed E-state index contributed by atoms with van der Waals surface area (Å²) in [5.41, 5.74) is 1.59. The van der Waals surface area contributed by atoms with E-state index in [9.17, 15) is 14.4 Å². The third-order valence-corrected chi connectivity index (χ3v) is 9.41. The Balaban J connectivity index is 1.60. The van der Waals surface area contributed by atoms with Crippen molar-refractivity contribution in [1.82, 2.24) is 0 Å². The minimum absolute atomic E-state index is 0.0151. The molecule has 0 radical (unpaired) electrons. The van der Waals surface area contributed by atoms with Crippen LogP contribution in [0.2, 0.25) is 0 Å². The Morgan fingerprint density at radius 1 is 1.27 bits per heavy atom. The third-order valence-electron chi connectivity index (χ3n) is 9.41. The summed E-state index contributed by atoms with van der Waals surface area (Å²) in [7, 11) is 0. The van der Waals surface area contributed by atoms with Gasteiger partial charge >= 0.3 is 5.97 Å². The van der Waals surface area contributed by atoms with E-state index in [1.54, 1.807) is 0 Å². The molecule has 164 valence electrons. The molecule has 0 bridgehead atoms. The fourth-order valence-corrected chi connectivity index (χ4v) is 8.00. The second-order valence-electron chi connectivity index (χ2n) is 10.7. The zero-order valence-corrected chi connectivity index (χ0v) is 18.7. The van der Waals surface area contributed by atoms with Crippen LogP contribution in [-0.4, -0.2) is 24.1 Å². The molecule has 0 heterocycles. The maximum absolute atomic E-state index is 13.2. The second-order valence-corrected chi connectivity index (χ2v) is 10.7. The first-order valence-corrected chi connectivity index (χ1v) is 11.7. The smallest absolute Gasteiger partial charge is 0.302 e. The lowest BCUT2D eigenvalue weighted by molar-refractivity contribution is -0.148. The molecule has 8 atom stereocenters. The van der Waals surface area contributed by atoms with Crippen molar-refractivity contribution in [3.63, 3.8) is 0 Å². The van der Waals surface area contributed by atoms with Crippen LogP contribution < -0.4 is 0 Å². The number of ketones is 1. The number of rotatable bonds is 5. The summed E-state index contributed by atoms with van der Waals surface area (Å²) in [5, 5.41) is 0. The van der Waals surface area contributed by atoms with Gasteiger partial charge in [0.2, 0.25) is 0 Å². The Hall–Kier alpha value is -1.71. The van der Waals surface area contributed by atoms with Gasteiger partial charge < -0.3 is 9.53 Å². The lowest BCUT2D eigenvalue weighted by atomic mass is 9.47. The Morgan fingerprint density at radius 2 is 2.03 bits per heavy atom. The average molecular weight is 413 g/mol. The van der Waals surface area contributed by atoms with Crippen molar-refractivity contribution in [3.8, 4) is 0 Å². The van der Waals surface area contributed by atoms with Gasteiger partial charge in [0.15, 0.2) is 0 Å². The van der Waals surface area contributed by atoms with Crippen LogP contribution in [-0.2, 0) is 19.1 Å². The van der Waals surface area contributed by atoms with Crippen molar-refractivity contribution in [3.05, 3.63) is 24.3 Å². The van der Waals surface area contributed by atoms with E-state index in [1.165, 1.54) is 12.5 Å². The van der Waals surface area contributed by atoms with Crippen LogP contribution in [0.4, 0.5) is 0 Å². The largest absolute Gasteiger partial charge is 0.462 e. The van der Waals surface area contributed by atoms with Crippen molar-refractivity contribution in [2.75, 3.05) is 0 Å². The van der Waals surface area contributed by atoms with Crippen LogP contribution in [0.1, 0.15) is 72.1 Å². The lowest BCUT2D eigenvalue weighted by Gasteiger charge is -2.58. The number of ether oxygens (including phenoxy) is 1. The fraction of sp³-hybridized carbons (Fsp3) is 0.731. The third kappa shape index (κ3) is 3.22. The molecule has 0 saturated heterocycles. The molecular weight excluding hydrogens is 376 g/mol. The zero-order chi connectivity index (χ0) is 21.7. The molecule has 0 N–H and O–H groups in total. The highest BCUT2D eigenvalue weighted by Gasteiger charge is 2.62. The molecule has 4 aliphatic rings. The maximum atomic E-state index is 13.2. The number of carbonyl (C=O) groups excluding carboxylic acids is 3. The summed E-state index contributed by atoms with van der Waals surface area (Å²) in [6, 6.07) is 0. The Kier molecular flexibility index (Phi) is 5.57. The molecule has 30 heavy (non-hydrogen) atoms. The summed E-state index contributed by atoms with van der Waals surface area (Å²) in [6.07, 6.45) is 12.3. The zero-order valence-electron chi connectivity index (χ0n) is 18.7. The monoisotopic (exact) mass is 412 g/mol. The number of esters is 1. The molecule has 0 aliphatic heterocycles. The molecule has 3 saturated carbocycles. The lowest BCUT2D eigenvalue weighted by Crippen LogP contribution is -2.51. The Labute approximate surface area is 180 Å². The van der Waals surface area contributed by atoms with Gasteiger partial charge in [-0.3, -0.25) is 9.59 Å². The molecule has 4 aliphatic carbocycles. The van der Waals surface area contributed by atoms with Crippen molar-refractivity contribution in [2.45, 2.75) is 78.2 Å². The molecule has 0 amide bonds. The maximum Gasteiger partial charge on any atom is 0.302 e. The fourth-order valence-electron chi connectivity index (χ4n) is 8.00. The van der Waals surface area contributed by atoms with E-state index < -0.39 is 0 Å². The van der Waals surface area contributed by atoms with Gasteiger partial charge in [-0.2, -0.15) is 0 Å². The van der Waals surface area contributed by atoms with Crippen molar-refractivity contribution in [2.24, 2.45) is 40.4 Å². The van der Waals surface area contributed by atoms with Gasteiger partial charge in [0.05, 0.1) is 0 Å². The quantitative estimate of drug-likeness (QED) is 0.359. The van der Waals surface area contributed by atoms with Gasteiger partial charge in [0, 0.05) is 32.1 Å². The predicted octanol–water partition coefficient (Wildman–Crippen LogP) is 5.07. The summed E-state index contributed by atoms with van der Waals surface area (Å²) in [6.45, 7) is 10.2. The number of aldehydes is 1. The van der Waals surface area contributed by atoms with Crippen molar-refractivity contribution in [1.29, 1.82) is 0 Å². The van der Waals surface area contributed by atoms with Crippen LogP contribution >= 0.6 is 0 Å². The molecule has 0 unspecified atom stereocenters. The summed E-state index contributed by atoms with van der Waals surface area (Å²) in [4.78, 5) is 35.8. The van der Waals surface area contributed by atoms with Crippen LogP contribution in [0, 0.1) is 40.4 Å². The van der Waals surface area contributed by atoms with E-state index in [0.717, 1.165) is 44.8 Å². The average Bonchev–Trinajstić information content (AvgIpc) is 2.96. The Morgan fingerprint density at radius 3 is 2.70 bits per heavy atom. The molecule has 0 aromatic carbocycles. The SMILES string of the molecule is C=C[C@H](CC=O)[C@H]1C(=O)C[C@H]2[C@@H]3CC=C4C[C@@H](OC(C)=O)CC[C@]4(C)[C@H]3CC[C@]12C. The second kappa shape index (κ2) is 7.76. The van der Waals surface area contributed by atoms with Gasteiger partial charge in [-0.15, -0.1) is 6.58 Å². The van der Waals surface area contributed by atoms with Gasteiger partial charge in [-0.1, -0.05) is 31.6 Å². The van der Waals surface area contributed by atoms with Crippen molar-refractivity contribution >= 4 is 18.0 Å². The standard InChI is InChI=1S/C26H36O4/c1-5-17(10-13-27)24-23(29)15-22-20-7-6-18-14-19(30-16(2)28)8-11-25(18,3)21(20)9-12-26(22,24)4/h5-6,13,17,19-22,24H,1,7-12,14-15H2,2-4H3/t17-,19+,20-,21+,22+,24+,25+,26+/m1/s1. The summed E-state index contributed by atoms with van der Waals surface area (Å²) in [5.74, 6) is 1.56. The molecule has 0 spiro atoms. The highest BCUT2D eigenvalue weighted by Crippen LogP contribution is 2.66. The molecule has 4 heteroatoms. The van der Waals surface area contributed by atoms with E-state index >= 15 is 0 Å². The number of hydrogen-bond donors (Lipinski definition) is 0. The van der Waals surface area contributed by atoms with Crippen LogP contribution in [0.3, 0.4) is 0 Å². The van der Waals surface area contributed by atoms with Crippen molar-refractivity contribution < 1.29 is 19.1 Å². The minimum Gasteiger partial charge on any atom is -0.462 e. The van der Waals surface area contributed by atoms with E-state index in [1.807, 2.05) is 6.08 Å². The highest BCUT2D eigenvalue weighted by atomic mass is 16.5. The van der Waals surface area contributed by atoms with Gasteiger partial charge in [-0.25, -0.2) is 0 Å². The molecule has 0 aromatic rings. The van der Waals surface area contributed by atoms with E-state index in [-0.39, 0.29) is 34.7 Å². The van der Waals surface area contributed by atoms with Crippen LogP contribution in [0.5, 0.6) is 0 Å². The number of hydrogen-bond acceptors (Lipinski definition) is 4. The molecule has 3 fully saturated rings. The van der Waals surface area contributed by atoms with Gasteiger partial charge in [0.25, 0.3) is 0 Å². The summed E-state index contributed by atoms with van der Waals surface area (Å²) < 4.78 is 5.53. The predicted molar refractivity (Wildman–Crippen MR) is 116 cm³/mol. The number of carbonyl (C=O) groups is 3. The normalized spacial score (nSPS) is 43.5. The van der Waals surface area contributed by atoms with Gasteiger partial charge in [0.1, 0.15) is 18.2 Å². The van der Waals surface area contributed by atoms with E-state index in [0.29, 0.717) is 36.4 Å². The molecule has 0 aromatic heterocycles. The first kappa shape index (κ1) is 21.5. The topological polar surface area (TPSA) is 60.4 Å². The molecule has 4 rings (SSSR count). The number of Topliss-reactive ketones (excluding diaryl/α,β-unsaturated/α-hetero) is 1. The Bertz CT molecular complexity index is 782. The minimum atomic E-state index is -0.186. The molecule has 4 nitrogen and oxygen atoms in total. The number of fused-ring (bicyclic) bond motifs is 5. The molecular formula is C26H36O4. The summed E-state index contributed by atoms with van der Waals surface area (Å²) >= 11 is 0. The van der Waals surface area contributed by atoms with E-state index in [2.05, 4.69) is 26.5 Å². The first-order chi connectivity index (χ1) is 14.2. The van der Waals surface area contributed by atoms with E-state index in [4.69, 9.17) is 4.74 Å². The van der Waals surface area contributed by atoms with Crippen LogP contribution in [0.15, 0.2) is 24.3 Å². The van der Waals surface area contributed by atoms with Crippen LogP contribution in [0.25, 0.3) is 0 Å². The van der Waals surface area contributed by atoms with Gasteiger partial charge in [-0.05, 0) is 66.6 Å². The highest BCUT2D eigenvalue weighted by molar-refractivity contribution is 5.85. The number of allylic oxidation sites excluding steroid dienone is 2.